The molecule has 158 valence electrons. The van der Waals surface area contributed by atoms with Crippen molar-refractivity contribution in [3.63, 3.8) is 0 Å². The maximum atomic E-state index is 13.3. The van der Waals surface area contributed by atoms with Crippen LogP contribution in [0, 0.1) is 13.8 Å². The van der Waals surface area contributed by atoms with E-state index in [9.17, 15) is 14.7 Å². The van der Waals surface area contributed by atoms with Gasteiger partial charge in [-0.05, 0) is 54.4 Å². The lowest BCUT2D eigenvalue weighted by Gasteiger charge is -2.23. The predicted molar refractivity (Wildman–Crippen MR) is 123 cm³/mol. The number of fused-ring (bicyclic) bond motifs is 1. The van der Waals surface area contributed by atoms with Crippen LogP contribution < -0.4 is 4.90 Å². The van der Waals surface area contributed by atoms with Crippen LogP contribution in [0.4, 0.5) is 5.69 Å². The molecular formula is C27H21NO4. The molecule has 1 fully saturated rings. The Kier molecular flexibility index (Phi) is 4.67. The lowest BCUT2D eigenvalue weighted by atomic mass is 9.96. The van der Waals surface area contributed by atoms with Crippen LogP contribution in [0.15, 0.2) is 88.9 Å². The topological polar surface area (TPSA) is 70.8 Å². The van der Waals surface area contributed by atoms with Gasteiger partial charge in [-0.25, -0.2) is 0 Å². The quantitative estimate of drug-likeness (QED) is 0.262. The van der Waals surface area contributed by atoms with Crippen LogP contribution in [0.5, 0.6) is 0 Å². The Morgan fingerprint density at radius 2 is 1.66 bits per heavy atom. The molecule has 0 bridgehead atoms. The van der Waals surface area contributed by atoms with Gasteiger partial charge in [0.2, 0.25) is 0 Å². The third-order valence-electron chi connectivity index (χ3n) is 5.80. The van der Waals surface area contributed by atoms with Gasteiger partial charge in [0.15, 0.2) is 0 Å². The molecule has 4 aromatic rings. The fraction of sp³-hybridized carbons (Fsp3) is 0.111. The van der Waals surface area contributed by atoms with E-state index >= 15 is 0 Å². The summed E-state index contributed by atoms with van der Waals surface area (Å²) in [5, 5.41) is 13.1. The van der Waals surface area contributed by atoms with Crippen LogP contribution in [-0.4, -0.2) is 16.8 Å². The Bertz CT molecular complexity index is 1410. The molecule has 1 aliphatic heterocycles. The maximum Gasteiger partial charge on any atom is 0.300 e. The normalized spacial score (nSPS) is 17.9. The van der Waals surface area contributed by atoms with E-state index in [0.29, 0.717) is 22.8 Å². The summed E-state index contributed by atoms with van der Waals surface area (Å²) in [6, 6.07) is 23.1. The van der Waals surface area contributed by atoms with Gasteiger partial charge in [-0.15, -0.1) is 0 Å². The Hall–Kier alpha value is -4.12. The third-order valence-corrected chi connectivity index (χ3v) is 5.80. The number of aliphatic hydroxyl groups is 1. The fourth-order valence-corrected chi connectivity index (χ4v) is 4.32. The molecule has 0 spiro atoms. The van der Waals surface area contributed by atoms with Crippen molar-refractivity contribution in [2.24, 2.45) is 0 Å². The summed E-state index contributed by atoms with van der Waals surface area (Å²) < 4.78 is 5.86. The zero-order chi connectivity index (χ0) is 22.4. The van der Waals surface area contributed by atoms with Crippen molar-refractivity contribution in [2.75, 3.05) is 4.90 Å². The minimum atomic E-state index is -0.871. The number of nitrogens with zero attached hydrogens (tertiary/aromatic N) is 1. The second kappa shape index (κ2) is 7.54. The highest BCUT2D eigenvalue weighted by molar-refractivity contribution is 6.51. The molecule has 3 aromatic carbocycles. The number of rotatable bonds is 3. The van der Waals surface area contributed by atoms with E-state index in [-0.39, 0.29) is 11.3 Å². The first-order valence-corrected chi connectivity index (χ1v) is 10.4. The number of carbonyl (C=O) groups is 2. The Morgan fingerprint density at radius 3 is 2.41 bits per heavy atom. The smallest absolute Gasteiger partial charge is 0.300 e. The van der Waals surface area contributed by atoms with Crippen LogP contribution in [0.25, 0.3) is 16.5 Å². The van der Waals surface area contributed by atoms with Crippen molar-refractivity contribution in [1.82, 2.24) is 0 Å². The number of amides is 1. The molecule has 32 heavy (non-hydrogen) atoms. The summed E-state index contributed by atoms with van der Waals surface area (Å²) in [6.45, 7) is 3.72. The monoisotopic (exact) mass is 423 g/mol. The summed E-state index contributed by atoms with van der Waals surface area (Å²) in [5.41, 5.74) is 2.04. The van der Waals surface area contributed by atoms with Crippen LogP contribution in [-0.2, 0) is 9.59 Å². The van der Waals surface area contributed by atoms with Gasteiger partial charge >= 0.3 is 0 Å². The van der Waals surface area contributed by atoms with Crippen molar-refractivity contribution >= 4 is 33.9 Å². The summed E-state index contributed by atoms with van der Waals surface area (Å²) >= 11 is 0. The number of hydrogen-bond acceptors (Lipinski definition) is 4. The van der Waals surface area contributed by atoms with Gasteiger partial charge in [0.1, 0.15) is 23.3 Å². The molecule has 2 heterocycles. The molecule has 1 atom stereocenters. The van der Waals surface area contributed by atoms with Gasteiger partial charge in [-0.3, -0.25) is 14.5 Å². The van der Waals surface area contributed by atoms with Crippen molar-refractivity contribution in [3.8, 4) is 0 Å². The Labute approximate surface area is 185 Å². The van der Waals surface area contributed by atoms with E-state index in [1.165, 1.54) is 4.90 Å². The molecule has 5 nitrogen and oxygen atoms in total. The average molecular weight is 423 g/mol. The van der Waals surface area contributed by atoms with Crippen LogP contribution in [0.3, 0.4) is 0 Å². The van der Waals surface area contributed by atoms with Gasteiger partial charge in [-0.1, -0.05) is 54.6 Å². The van der Waals surface area contributed by atoms with E-state index < -0.39 is 17.7 Å². The number of anilines is 1. The number of aryl methyl sites for hydroxylation is 2. The zero-order valence-electron chi connectivity index (χ0n) is 17.7. The minimum absolute atomic E-state index is 0.0159. The Morgan fingerprint density at radius 1 is 0.906 bits per heavy atom. The fourth-order valence-electron chi connectivity index (χ4n) is 4.32. The van der Waals surface area contributed by atoms with E-state index in [2.05, 4.69) is 0 Å². The van der Waals surface area contributed by atoms with Crippen LogP contribution >= 0.6 is 0 Å². The number of Topliss-reactive ketones (excluding diaryl/α,β-unsaturated/α-hetero) is 1. The van der Waals surface area contributed by atoms with E-state index in [1.807, 2.05) is 61.5 Å². The van der Waals surface area contributed by atoms with Crippen molar-refractivity contribution < 1.29 is 19.1 Å². The summed E-state index contributed by atoms with van der Waals surface area (Å²) in [6.07, 6.45) is 0. The standard InChI is InChI=1S/C27H21NO4/c1-16-7-5-10-19(15-16)28-24(22-14-13-17(2)32-22)23(26(30)27(28)31)25(29)21-12-6-9-18-8-3-4-11-20(18)21/h3-15,24,29H,1-2H3/b25-23-. The van der Waals surface area contributed by atoms with Crippen molar-refractivity contribution in [2.45, 2.75) is 19.9 Å². The lowest BCUT2D eigenvalue weighted by molar-refractivity contribution is -0.132. The van der Waals surface area contributed by atoms with E-state index in [0.717, 1.165) is 16.3 Å². The third kappa shape index (κ3) is 3.10. The molecule has 5 heteroatoms. The average Bonchev–Trinajstić information content (AvgIpc) is 3.33. The lowest BCUT2D eigenvalue weighted by Crippen LogP contribution is -2.29. The van der Waals surface area contributed by atoms with Crippen molar-refractivity contribution in [3.05, 3.63) is 107 Å². The SMILES string of the molecule is Cc1cccc(N2C(=O)C(=O)/C(=C(\O)c3cccc4ccccc34)C2c2ccc(C)o2)c1. The molecule has 1 unspecified atom stereocenters. The molecule has 1 N–H and O–H groups in total. The number of aliphatic hydroxyl groups excluding tert-OH is 1. The molecule has 1 amide bonds. The summed E-state index contributed by atoms with van der Waals surface area (Å²) in [7, 11) is 0. The van der Waals surface area contributed by atoms with E-state index in [4.69, 9.17) is 4.42 Å². The van der Waals surface area contributed by atoms with Crippen LogP contribution in [0.2, 0.25) is 0 Å². The highest BCUT2D eigenvalue weighted by atomic mass is 16.3. The summed E-state index contributed by atoms with van der Waals surface area (Å²) in [4.78, 5) is 27.9. The second-order valence-corrected chi connectivity index (χ2v) is 7.98. The van der Waals surface area contributed by atoms with Crippen LogP contribution in [0.1, 0.15) is 28.7 Å². The summed E-state index contributed by atoms with van der Waals surface area (Å²) in [5.74, 6) is -0.577. The number of ketones is 1. The van der Waals surface area contributed by atoms with Crippen molar-refractivity contribution in [1.29, 1.82) is 0 Å². The molecule has 5 rings (SSSR count). The van der Waals surface area contributed by atoms with Gasteiger partial charge in [0.05, 0.1) is 5.57 Å². The largest absolute Gasteiger partial charge is 0.507 e. The Balaban J connectivity index is 1.78. The number of benzene rings is 3. The van der Waals surface area contributed by atoms with Gasteiger partial charge < -0.3 is 9.52 Å². The molecule has 0 radical (unpaired) electrons. The van der Waals surface area contributed by atoms with E-state index in [1.54, 1.807) is 31.2 Å². The van der Waals surface area contributed by atoms with Gasteiger partial charge in [0, 0.05) is 11.3 Å². The van der Waals surface area contributed by atoms with Gasteiger partial charge in [0.25, 0.3) is 11.7 Å². The second-order valence-electron chi connectivity index (χ2n) is 7.98. The molecule has 0 aliphatic carbocycles. The molecular weight excluding hydrogens is 402 g/mol. The minimum Gasteiger partial charge on any atom is -0.507 e. The maximum absolute atomic E-state index is 13.3. The first-order valence-electron chi connectivity index (χ1n) is 10.4. The first kappa shape index (κ1) is 19.8. The highest BCUT2D eigenvalue weighted by Gasteiger charge is 2.48. The number of furan rings is 1. The molecule has 0 saturated carbocycles. The first-order chi connectivity index (χ1) is 15.5. The number of carbonyl (C=O) groups excluding carboxylic acids is 2. The molecule has 1 aromatic heterocycles. The predicted octanol–water partition coefficient (Wildman–Crippen LogP) is 5.68. The van der Waals surface area contributed by atoms with Gasteiger partial charge in [-0.2, -0.15) is 0 Å². The highest BCUT2D eigenvalue weighted by Crippen LogP contribution is 2.43. The zero-order valence-corrected chi connectivity index (χ0v) is 17.7. The molecule has 1 aliphatic rings. The number of hydrogen-bond donors (Lipinski definition) is 1. The molecule has 1 saturated heterocycles.